The number of aromatic amines is 1. The predicted molar refractivity (Wildman–Crippen MR) is 176 cm³/mol. The smallest absolute Gasteiger partial charge is 0.338 e. The predicted octanol–water partition coefficient (Wildman–Crippen LogP) is 6.52. The molecule has 5 unspecified atom stereocenters. The number of nitrogens with one attached hydrogen (secondary N) is 1. The quantitative estimate of drug-likeness (QED) is 0.176. The Hall–Kier alpha value is -3.86. The fourth-order valence-electron chi connectivity index (χ4n) is 8.21. The van der Waals surface area contributed by atoms with E-state index in [1.165, 1.54) is 16.2 Å². The SMILES string of the molecule is CCOC(=O)c1ccc(N2C(=O)C3C(C2=O)[C@@H]2C[C@H]3C3Sc4[nH]c(=O)sc4C(c4cc(Cl)ccc4OCc4ccccc4)C32)cc1. The van der Waals surface area contributed by atoms with Crippen LogP contribution >= 0.6 is 34.7 Å². The molecule has 1 aromatic heterocycles. The summed E-state index contributed by atoms with van der Waals surface area (Å²) in [4.78, 5) is 58.3. The molecule has 1 saturated heterocycles. The van der Waals surface area contributed by atoms with Crippen molar-refractivity contribution in [3.8, 4) is 5.75 Å². The molecule has 1 N–H and O–H groups in total. The van der Waals surface area contributed by atoms with Crippen LogP contribution in [0.25, 0.3) is 0 Å². The molecule has 2 amide bonds. The normalized spacial score (nSPS) is 27.3. The lowest BCUT2D eigenvalue weighted by Gasteiger charge is -2.43. The van der Waals surface area contributed by atoms with Gasteiger partial charge in [0.15, 0.2) is 0 Å². The highest BCUT2D eigenvalue weighted by atomic mass is 35.5. The van der Waals surface area contributed by atoms with Gasteiger partial charge < -0.3 is 14.5 Å². The van der Waals surface area contributed by atoms with Gasteiger partial charge in [0.05, 0.1) is 34.7 Å². The average Bonchev–Trinajstić information content (AvgIpc) is 3.80. The molecule has 234 valence electrons. The number of amides is 2. The van der Waals surface area contributed by atoms with E-state index in [1.807, 2.05) is 48.5 Å². The molecule has 2 aliphatic carbocycles. The molecule has 11 heteroatoms. The van der Waals surface area contributed by atoms with Gasteiger partial charge in [-0.25, -0.2) is 4.79 Å². The maximum Gasteiger partial charge on any atom is 0.338 e. The van der Waals surface area contributed by atoms with Gasteiger partial charge in [0.2, 0.25) is 11.8 Å². The first-order valence-electron chi connectivity index (χ1n) is 15.3. The lowest BCUT2D eigenvalue weighted by Crippen LogP contribution is -2.42. The van der Waals surface area contributed by atoms with Crippen LogP contribution in [0, 0.1) is 29.6 Å². The molecule has 46 heavy (non-hydrogen) atoms. The highest BCUT2D eigenvalue weighted by Gasteiger charge is 2.69. The van der Waals surface area contributed by atoms with Crippen molar-refractivity contribution in [1.82, 2.24) is 4.98 Å². The van der Waals surface area contributed by atoms with Gasteiger partial charge in [-0.1, -0.05) is 53.3 Å². The number of fused-ring (bicyclic) bond motifs is 9. The molecule has 3 heterocycles. The van der Waals surface area contributed by atoms with Crippen LogP contribution in [-0.2, 0) is 20.9 Å². The molecule has 7 atom stereocenters. The fourth-order valence-corrected chi connectivity index (χ4v) is 11.3. The van der Waals surface area contributed by atoms with Crippen molar-refractivity contribution in [3.05, 3.63) is 109 Å². The van der Waals surface area contributed by atoms with Crippen molar-refractivity contribution < 1.29 is 23.9 Å². The zero-order chi connectivity index (χ0) is 31.7. The average molecular weight is 673 g/mol. The Morgan fingerprint density at radius 2 is 1.72 bits per heavy atom. The summed E-state index contributed by atoms with van der Waals surface area (Å²) < 4.78 is 11.5. The third-order valence-electron chi connectivity index (χ3n) is 9.90. The Morgan fingerprint density at radius 3 is 2.46 bits per heavy atom. The van der Waals surface area contributed by atoms with Crippen LogP contribution in [0.3, 0.4) is 0 Å². The van der Waals surface area contributed by atoms with Crippen molar-refractivity contribution in [3.63, 3.8) is 0 Å². The van der Waals surface area contributed by atoms with Gasteiger partial charge in [0.25, 0.3) is 0 Å². The van der Waals surface area contributed by atoms with Gasteiger partial charge in [0, 0.05) is 26.6 Å². The third kappa shape index (κ3) is 4.64. The number of carbonyl (C=O) groups excluding carboxylic acids is 3. The van der Waals surface area contributed by atoms with Crippen LogP contribution in [0.15, 0.2) is 82.6 Å². The number of halogens is 1. The molecule has 8 nitrogen and oxygen atoms in total. The van der Waals surface area contributed by atoms with Crippen molar-refractivity contribution >= 4 is 58.2 Å². The maximum atomic E-state index is 14.2. The number of rotatable bonds is 7. The maximum absolute atomic E-state index is 14.2. The summed E-state index contributed by atoms with van der Waals surface area (Å²) in [6.07, 6.45) is 0.765. The molecule has 8 rings (SSSR count). The molecule has 2 saturated carbocycles. The zero-order valence-electron chi connectivity index (χ0n) is 24.7. The van der Waals surface area contributed by atoms with Gasteiger partial charge in [-0.05, 0) is 79.1 Å². The first-order valence-corrected chi connectivity index (χ1v) is 17.4. The Labute approximate surface area is 278 Å². The molecule has 3 fully saturated rings. The number of thioether (sulfide) groups is 1. The number of benzene rings is 3. The molecule has 2 bridgehead atoms. The van der Waals surface area contributed by atoms with Crippen LogP contribution in [0.5, 0.6) is 5.75 Å². The van der Waals surface area contributed by atoms with Gasteiger partial charge in [-0.2, -0.15) is 0 Å². The minimum atomic E-state index is -0.461. The number of H-pyrrole nitrogens is 1. The van der Waals surface area contributed by atoms with E-state index in [1.54, 1.807) is 43.0 Å². The monoisotopic (exact) mass is 672 g/mol. The zero-order valence-corrected chi connectivity index (χ0v) is 27.1. The standard InChI is InChI=1S/C35H29ClN2O6S2/c1-2-43-34(41)18-8-11-20(12-9-18)38-32(39)27-22-15-23(28(27)33(38)40)29-26(22)25(30-31(45-29)37-35(42)46-30)21-14-19(36)10-13-24(21)44-16-17-6-4-3-5-7-17/h3-14,22-23,25-29H,2,15-16H2,1H3,(H,37,42)/t22-,23-,25?,26?,27?,28?,29?/m1/s1. The Balaban J connectivity index is 1.16. The largest absolute Gasteiger partial charge is 0.489 e. The number of hydrogen-bond acceptors (Lipinski definition) is 8. The van der Waals surface area contributed by atoms with E-state index in [9.17, 15) is 19.2 Å². The Bertz CT molecular complexity index is 1930. The van der Waals surface area contributed by atoms with Crippen LogP contribution < -0.4 is 14.5 Å². The van der Waals surface area contributed by atoms with Crippen molar-refractivity contribution in [2.24, 2.45) is 29.6 Å². The number of anilines is 1. The summed E-state index contributed by atoms with van der Waals surface area (Å²) in [5, 5.41) is 1.41. The van der Waals surface area contributed by atoms with Gasteiger partial charge in [-0.15, -0.1) is 11.8 Å². The van der Waals surface area contributed by atoms with E-state index >= 15 is 0 Å². The van der Waals surface area contributed by atoms with Crippen LogP contribution in [0.2, 0.25) is 5.02 Å². The molecular formula is C35H29ClN2O6S2. The Morgan fingerprint density at radius 1 is 0.978 bits per heavy atom. The fraction of sp³-hybridized carbons (Fsp3) is 0.314. The summed E-state index contributed by atoms with van der Waals surface area (Å²) in [5.74, 6) is -1.38. The Kier molecular flexibility index (Phi) is 7.34. The number of ether oxygens (including phenoxy) is 2. The molecule has 0 spiro atoms. The number of carbonyl (C=O) groups is 3. The van der Waals surface area contributed by atoms with Crippen molar-refractivity contribution in [2.75, 3.05) is 11.5 Å². The number of imide groups is 1. The summed E-state index contributed by atoms with van der Waals surface area (Å²) >= 11 is 9.45. The molecule has 3 aromatic carbocycles. The summed E-state index contributed by atoms with van der Waals surface area (Å²) in [6.45, 7) is 2.37. The molecule has 0 radical (unpaired) electrons. The van der Waals surface area contributed by atoms with Gasteiger partial charge in [0.1, 0.15) is 12.4 Å². The molecular weight excluding hydrogens is 644 g/mol. The van der Waals surface area contributed by atoms with E-state index < -0.39 is 17.8 Å². The minimum Gasteiger partial charge on any atom is -0.489 e. The van der Waals surface area contributed by atoms with Crippen LogP contribution in [-0.4, -0.2) is 34.6 Å². The van der Waals surface area contributed by atoms with Gasteiger partial charge in [-0.3, -0.25) is 19.3 Å². The first-order chi connectivity index (χ1) is 22.3. The molecule has 2 aliphatic heterocycles. The minimum absolute atomic E-state index is 0.00404. The molecule has 4 aromatic rings. The van der Waals surface area contributed by atoms with Crippen LogP contribution in [0.1, 0.15) is 45.6 Å². The van der Waals surface area contributed by atoms with Gasteiger partial charge >= 0.3 is 10.8 Å². The van der Waals surface area contributed by atoms with E-state index in [0.717, 1.165) is 27.5 Å². The number of nitrogens with zero attached hydrogens (tertiary/aromatic N) is 1. The third-order valence-corrected chi connectivity index (χ3v) is 12.7. The van der Waals surface area contributed by atoms with E-state index in [2.05, 4.69) is 4.98 Å². The number of thiazole rings is 1. The topological polar surface area (TPSA) is 106 Å². The second-order valence-corrected chi connectivity index (χ2v) is 14.8. The lowest BCUT2D eigenvalue weighted by molar-refractivity contribution is -0.123. The van der Waals surface area contributed by atoms with E-state index in [0.29, 0.717) is 28.6 Å². The second-order valence-electron chi connectivity index (χ2n) is 12.2. The summed E-state index contributed by atoms with van der Waals surface area (Å²) in [5.41, 5.74) is 2.74. The van der Waals surface area contributed by atoms with E-state index in [-0.39, 0.29) is 52.2 Å². The number of aromatic nitrogens is 1. The first kappa shape index (κ1) is 29.5. The van der Waals surface area contributed by atoms with E-state index in [4.69, 9.17) is 21.1 Å². The lowest BCUT2D eigenvalue weighted by atomic mass is 9.68. The van der Waals surface area contributed by atoms with Crippen molar-refractivity contribution in [2.45, 2.75) is 36.1 Å². The number of hydrogen-bond donors (Lipinski definition) is 1. The van der Waals surface area contributed by atoms with Crippen molar-refractivity contribution in [1.29, 1.82) is 0 Å². The summed E-state index contributed by atoms with van der Waals surface area (Å²) in [6, 6.07) is 22.0. The summed E-state index contributed by atoms with van der Waals surface area (Å²) in [7, 11) is 0. The highest BCUT2D eigenvalue weighted by Crippen LogP contribution is 2.69. The van der Waals surface area contributed by atoms with Crippen LogP contribution in [0.4, 0.5) is 5.69 Å². The second kappa shape index (κ2) is 11.4. The number of esters is 1. The molecule has 4 aliphatic rings. The highest BCUT2D eigenvalue weighted by molar-refractivity contribution is 8.00.